The van der Waals surface area contributed by atoms with E-state index in [1.807, 2.05) is 23.6 Å². The van der Waals surface area contributed by atoms with Gasteiger partial charge < -0.3 is 4.74 Å². The van der Waals surface area contributed by atoms with Crippen molar-refractivity contribution < 1.29 is 14.6 Å². The van der Waals surface area contributed by atoms with Crippen LogP contribution >= 0.6 is 12.4 Å². The van der Waals surface area contributed by atoms with Crippen LogP contribution in [0, 0.1) is 10.1 Å². The van der Waals surface area contributed by atoms with Gasteiger partial charge in [0.25, 0.3) is 0 Å². The number of halogens is 1. The summed E-state index contributed by atoms with van der Waals surface area (Å²) in [5.41, 5.74) is 2.79. The van der Waals surface area contributed by atoms with Gasteiger partial charge in [-0.1, -0.05) is 30.3 Å². The Balaban J connectivity index is 0.00000289. The molecule has 1 rings (SSSR count). The van der Waals surface area contributed by atoms with E-state index in [1.54, 1.807) is 19.1 Å². The van der Waals surface area contributed by atoms with Crippen LogP contribution in [0.25, 0.3) is 0 Å². The van der Waals surface area contributed by atoms with E-state index in [0.29, 0.717) is 0 Å². The minimum atomic E-state index is -0.965. The SMILES string of the molecule is CCOC(=O)[C@H](Cc1ccccc1)N[N+](=O)[O-].Cl. The van der Waals surface area contributed by atoms with E-state index >= 15 is 0 Å². The highest BCUT2D eigenvalue weighted by molar-refractivity contribution is 5.85. The van der Waals surface area contributed by atoms with Gasteiger partial charge in [0.15, 0.2) is 11.1 Å². The molecule has 0 radical (unpaired) electrons. The number of nitrogens with zero attached hydrogens (tertiary/aromatic N) is 1. The van der Waals surface area contributed by atoms with Gasteiger partial charge in [0.05, 0.1) is 6.61 Å². The zero-order valence-electron chi connectivity index (χ0n) is 9.87. The quantitative estimate of drug-likeness (QED) is 0.481. The molecule has 6 nitrogen and oxygen atoms in total. The highest BCUT2D eigenvalue weighted by Crippen LogP contribution is 2.04. The third kappa shape index (κ3) is 5.49. The minimum Gasteiger partial charge on any atom is -0.464 e. The van der Waals surface area contributed by atoms with Crippen LogP contribution in [0.5, 0.6) is 0 Å². The third-order valence-electron chi connectivity index (χ3n) is 2.12. The van der Waals surface area contributed by atoms with Crippen LogP contribution < -0.4 is 5.43 Å². The number of hydrogen-bond acceptors (Lipinski definition) is 4. The topological polar surface area (TPSA) is 81.5 Å². The van der Waals surface area contributed by atoms with Crippen LogP contribution in [0.15, 0.2) is 30.3 Å². The first kappa shape index (κ1) is 16.2. The monoisotopic (exact) mass is 274 g/mol. The minimum absolute atomic E-state index is 0. The number of carbonyl (C=O) groups excluding carboxylic acids is 1. The third-order valence-corrected chi connectivity index (χ3v) is 2.12. The summed E-state index contributed by atoms with van der Waals surface area (Å²) in [6.07, 6.45) is 0.223. The van der Waals surface area contributed by atoms with Crippen LogP contribution in [-0.2, 0) is 16.0 Å². The van der Waals surface area contributed by atoms with Crippen LogP contribution in [0.3, 0.4) is 0 Å². The summed E-state index contributed by atoms with van der Waals surface area (Å²) in [5.74, 6) is -0.618. The standard InChI is InChI=1S/C11H14N2O4.ClH/c1-2-17-11(14)10(12-13(15)16)8-9-6-4-3-5-7-9;/h3-7,10,12H,2,8H2,1H3;1H/t10-;/m0./s1. The lowest BCUT2D eigenvalue weighted by atomic mass is 10.1. The smallest absolute Gasteiger partial charge is 0.334 e. The predicted molar refractivity (Wildman–Crippen MR) is 67.9 cm³/mol. The lowest BCUT2D eigenvalue weighted by Crippen LogP contribution is -2.43. The summed E-state index contributed by atoms with van der Waals surface area (Å²) in [6.45, 7) is 1.85. The molecule has 0 bridgehead atoms. The molecule has 0 saturated heterocycles. The number of rotatable bonds is 6. The number of hydrazine groups is 1. The number of nitro groups is 1. The van der Waals surface area contributed by atoms with E-state index in [0.717, 1.165) is 5.56 Å². The van der Waals surface area contributed by atoms with Crippen molar-refractivity contribution in [3.8, 4) is 0 Å². The molecule has 0 aliphatic heterocycles. The van der Waals surface area contributed by atoms with Crippen molar-refractivity contribution in [2.24, 2.45) is 0 Å². The first-order chi connectivity index (χ1) is 8.13. The Hall–Kier alpha value is -1.82. The van der Waals surface area contributed by atoms with Gasteiger partial charge in [-0.15, -0.1) is 17.8 Å². The summed E-state index contributed by atoms with van der Waals surface area (Å²) in [6, 6.07) is 8.09. The molecule has 1 atom stereocenters. The zero-order chi connectivity index (χ0) is 12.7. The van der Waals surface area contributed by atoms with Gasteiger partial charge in [0.1, 0.15) is 0 Å². The first-order valence-electron chi connectivity index (χ1n) is 5.24. The highest BCUT2D eigenvalue weighted by Gasteiger charge is 2.24. The van der Waals surface area contributed by atoms with Crippen molar-refractivity contribution in [1.82, 2.24) is 5.43 Å². The van der Waals surface area contributed by atoms with E-state index in [9.17, 15) is 14.9 Å². The van der Waals surface area contributed by atoms with E-state index in [1.165, 1.54) is 0 Å². The molecule has 7 heteroatoms. The largest absolute Gasteiger partial charge is 0.464 e. The van der Waals surface area contributed by atoms with Crippen LogP contribution in [0.1, 0.15) is 12.5 Å². The number of carbonyl (C=O) groups is 1. The van der Waals surface area contributed by atoms with E-state index in [-0.39, 0.29) is 25.4 Å². The van der Waals surface area contributed by atoms with E-state index < -0.39 is 17.0 Å². The van der Waals surface area contributed by atoms with Crippen LogP contribution in [0.2, 0.25) is 0 Å². The molecule has 0 unspecified atom stereocenters. The fourth-order valence-corrected chi connectivity index (χ4v) is 1.40. The van der Waals surface area contributed by atoms with Gasteiger partial charge in [0, 0.05) is 6.42 Å². The zero-order valence-corrected chi connectivity index (χ0v) is 10.7. The summed E-state index contributed by atoms with van der Waals surface area (Å²) in [7, 11) is 0. The van der Waals surface area contributed by atoms with E-state index in [4.69, 9.17) is 4.74 Å². The fraction of sp³-hybridized carbons (Fsp3) is 0.364. The second kappa shape index (κ2) is 8.30. The van der Waals surface area contributed by atoms with Crippen molar-refractivity contribution in [3.05, 3.63) is 46.0 Å². The molecule has 0 aromatic heterocycles. The molecule has 1 N–H and O–H groups in total. The Kier molecular flexibility index (Phi) is 7.46. The summed E-state index contributed by atoms with van der Waals surface area (Å²) < 4.78 is 4.77. The number of benzene rings is 1. The van der Waals surface area contributed by atoms with Crippen molar-refractivity contribution in [1.29, 1.82) is 0 Å². The predicted octanol–water partition coefficient (Wildman–Crippen LogP) is 1.36. The normalized spacial score (nSPS) is 10.9. The summed E-state index contributed by atoms with van der Waals surface area (Å²) >= 11 is 0. The Morgan fingerprint density at radius 2 is 2.06 bits per heavy atom. The molecule has 1 aromatic rings. The van der Waals surface area contributed by atoms with Gasteiger partial charge in [-0.25, -0.2) is 14.9 Å². The average molecular weight is 275 g/mol. The van der Waals surface area contributed by atoms with Gasteiger partial charge in [-0.05, 0) is 12.5 Å². The van der Waals surface area contributed by atoms with Crippen molar-refractivity contribution >= 4 is 18.4 Å². The maximum absolute atomic E-state index is 11.5. The maximum atomic E-state index is 11.5. The second-order valence-electron chi connectivity index (χ2n) is 3.38. The molecular formula is C11H15ClN2O4. The van der Waals surface area contributed by atoms with Crippen molar-refractivity contribution in [2.75, 3.05) is 6.61 Å². The average Bonchev–Trinajstić information content (AvgIpc) is 2.29. The molecule has 0 amide bonds. The van der Waals surface area contributed by atoms with E-state index in [2.05, 4.69) is 0 Å². The van der Waals surface area contributed by atoms with Crippen LogP contribution in [0.4, 0.5) is 0 Å². The number of esters is 1. The number of hydrogen-bond donors (Lipinski definition) is 1. The molecule has 0 spiro atoms. The molecule has 100 valence electrons. The summed E-state index contributed by atoms with van der Waals surface area (Å²) in [5, 5.41) is 9.66. The molecule has 18 heavy (non-hydrogen) atoms. The van der Waals surface area contributed by atoms with Gasteiger partial charge >= 0.3 is 5.97 Å². The number of ether oxygens (including phenoxy) is 1. The van der Waals surface area contributed by atoms with Crippen LogP contribution in [-0.4, -0.2) is 23.7 Å². The molecule has 0 fully saturated rings. The Morgan fingerprint density at radius 3 is 2.56 bits per heavy atom. The molecule has 1 aromatic carbocycles. The number of nitrogens with one attached hydrogen (secondary N) is 1. The molecular weight excluding hydrogens is 260 g/mol. The van der Waals surface area contributed by atoms with Gasteiger partial charge in [0.2, 0.25) is 0 Å². The first-order valence-corrected chi connectivity index (χ1v) is 5.24. The molecule has 0 saturated carbocycles. The lowest BCUT2D eigenvalue weighted by molar-refractivity contribution is -0.548. The van der Waals surface area contributed by atoms with Crippen molar-refractivity contribution in [2.45, 2.75) is 19.4 Å². The van der Waals surface area contributed by atoms with Crippen molar-refractivity contribution in [3.63, 3.8) is 0 Å². The molecule has 0 aliphatic rings. The Labute approximate surface area is 111 Å². The lowest BCUT2D eigenvalue weighted by Gasteiger charge is -2.12. The van der Waals surface area contributed by atoms with Gasteiger partial charge in [-0.2, -0.15) is 0 Å². The Morgan fingerprint density at radius 1 is 1.44 bits per heavy atom. The molecule has 0 aliphatic carbocycles. The maximum Gasteiger partial charge on any atom is 0.334 e. The summed E-state index contributed by atoms with van der Waals surface area (Å²) in [4.78, 5) is 21.9. The Bertz CT molecular complexity index is 386. The van der Waals surface area contributed by atoms with Gasteiger partial charge in [-0.3, -0.25) is 0 Å². The molecule has 0 heterocycles. The fourth-order valence-electron chi connectivity index (χ4n) is 1.40. The highest BCUT2D eigenvalue weighted by atomic mass is 35.5. The second-order valence-corrected chi connectivity index (χ2v) is 3.38.